The van der Waals surface area contributed by atoms with Gasteiger partial charge in [0.25, 0.3) is 0 Å². The van der Waals surface area contributed by atoms with E-state index < -0.39 is 0 Å². The lowest BCUT2D eigenvalue weighted by Gasteiger charge is -2.19. The van der Waals surface area contributed by atoms with Crippen LogP contribution in [0.4, 0.5) is 0 Å². The second-order valence-electron chi connectivity index (χ2n) is 3.26. The van der Waals surface area contributed by atoms with Crippen molar-refractivity contribution in [3.8, 4) is 0 Å². The van der Waals surface area contributed by atoms with E-state index >= 15 is 0 Å². The first kappa shape index (κ1) is 9.92. The van der Waals surface area contributed by atoms with E-state index in [2.05, 4.69) is 39.8 Å². The third-order valence-electron chi connectivity index (χ3n) is 1.13. The molecule has 0 saturated heterocycles. The van der Waals surface area contributed by atoms with Crippen molar-refractivity contribution in [2.24, 2.45) is 0 Å². The molecule has 2 heteroatoms. The maximum absolute atomic E-state index is 5.52. The number of likely N-dealkylation sites (N-methyl/N-ethyl adjacent to an activating group) is 1. The Morgan fingerprint density at radius 2 is 1.70 bits per heavy atom. The third-order valence-corrected chi connectivity index (χ3v) is 1.13. The SMILES string of the molecule is CC(C)O[C@H](C)CN(C)C. The number of nitrogens with zero attached hydrogens (tertiary/aromatic N) is 1. The van der Waals surface area contributed by atoms with Gasteiger partial charge in [0, 0.05) is 6.54 Å². The van der Waals surface area contributed by atoms with Gasteiger partial charge in [-0.3, -0.25) is 0 Å². The molecule has 0 amide bonds. The van der Waals surface area contributed by atoms with E-state index in [0.717, 1.165) is 6.54 Å². The first-order valence-electron chi connectivity index (χ1n) is 3.82. The van der Waals surface area contributed by atoms with Gasteiger partial charge in [-0.2, -0.15) is 0 Å². The number of ether oxygens (including phenoxy) is 1. The molecule has 2 nitrogen and oxygen atoms in total. The molecular formula is C8H19NO. The first-order chi connectivity index (χ1) is 4.52. The zero-order valence-electron chi connectivity index (χ0n) is 7.72. The van der Waals surface area contributed by atoms with E-state index in [1.54, 1.807) is 0 Å². The van der Waals surface area contributed by atoms with Gasteiger partial charge in [0.15, 0.2) is 0 Å². The van der Waals surface area contributed by atoms with Crippen LogP contribution in [0, 0.1) is 0 Å². The average Bonchev–Trinajstić information content (AvgIpc) is 1.58. The normalized spacial score (nSPS) is 14.7. The van der Waals surface area contributed by atoms with Gasteiger partial charge in [0.05, 0.1) is 12.2 Å². The van der Waals surface area contributed by atoms with Gasteiger partial charge in [-0.1, -0.05) is 0 Å². The summed E-state index contributed by atoms with van der Waals surface area (Å²) in [6.45, 7) is 7.22. The maximum Gasteiger partial charge on any atom is 0.0677 e. The zero-order valence-corrected chi connectivity index (χ0v) is 7.72. The summed E-state index contributed by atoms with van der Waals surface area (Å²) in [7, 11) is 4.11. The summed E-state index contributed by atoms with van der Waals surface area (Å²) in [4.78, 5) is 2.13. The van der Waals surface area contributed by atoms with E-state index in [-0.39, 0.29) is 0 Å². The van der Waals surface area contributed by atoms with Crippen molar-refractivity contribution in [1.82, 2.24) is 4.90 Å². The van der Waals surface area contributed by atoms with Crippen molar-refractivity contribution in [3.63, 3.8) is 0 Å². The molecule has 0 N–H and O–H groups in total. The molecule has 0 spiro atoms. The monoisotopic (exact) mass is 145 g/mol. The highest BCUT2D eigenvalue weighted by Gasteiger charge is 2.04. The van der Waals surface area contributed by atoms with Crippen LogP contribution in [0.1, 0.15) is 20.8 Å². The predicted octanol–water partition coefficient (Wildman–Crippen LogP) is 1.36. The van der Waals surface area contributed by atoms with Crippen molar-refractivity contribution < 1.29 is 4.74 Å². The highest BCUT2D eigenvalue weighted by molar-refractivity contribution is 4.54. The van der Waals surface area contributed by atoms with Crippen LogP contribution < -0.4 is 0 Å². The minimum Gasteiger partial charge on any atom is -0.375 e. The molecule has 0 rings (SSSR count). The lowest BCUT2D eigenvalue weighted by Crippen LogP contribution is -2.27. The Morgan fingerprint density at radius 1 is 1.20 bits per heavy atom. The Morgan fingerprint density at radius 3 is 2.00 bits per heavy atom. The molecule has 0 aromatic rings. The molecule has 10 heavy (non-hydrogen) atoms. The van der Waals surface area contributed by atoms with Crippen LogP contribution in [0.15, 0.2) is 0 Å². The largest absolute Gasteiger partial charge is 0.375 e. The number of hydrogen-bond acceptors (Lipinski definition) is 2. The smallest absolute Gasteiger partial charge is 0.0677 e. The van der Waals surface area contributed by atoms with Crippen LogP contribution >= 0.6 is 0 Å². The van der Waals surface area contributed by atoms with Crippen molar-refractivity contribution in [2.75, 3.05) is 20.6 Å². The van der Waals surface area contributed by atoms with Gasteiger partial charge in [0.2, 0.25) is 0 Å². The van der Waals surface area contributed by atoms with Gasteiger partial charge in [-0.15, -0.1) is 0 Å². The third kappa shape index (κ3) is 6.05. The topological polar surface area (TPSA) is 12.5 Å². The Balaban J connectivity index is 3.34. The molecule has 0 fully saturated rings. The molecule has 0 aromatic heterocycles. The van der Waals surface area contributed by atoms with E-state index in [0.29, 0.717) is 12.2 Å². The summed E-state index contributed by atoms with van der Waals surface area (Å²) in [6.07, 6.45) is 0.685. The van der Waals surface area contributed by atoms with Crippen LogP contribution in [0.5, 0.6) is 0 Å². The lowest BCUT2D eigenvalue weighted by atomic mass is 10.3. The summed E-state index contributed by atoms with van der Waals surface area (Å²) < 4.78 is 5.52. The second-order valence-corrected chi connectivity index (χ2v) is 3.26. The van der Waals surface area contributed by atoms with E-state index in [4.69, 9.17) is 4.74 Å². The van der Waals surface area contributed by atoms with Crippen molar-refractivity contribution >= 4 is 0 Å². The molecule has 1 atom stereocenters. The van der Waals surface area contributed by atoms with Gasteiger partial charge in [0.1, 0.15) is 0 Å². The molecule has 0 aromatic carbocycles. The van der Waals surface area contributed by atoms with E-state index in [1.807, 2.05) is 0 Å². The standard InChI is InChI=1S/C8H19NO/c1-7(2)10-8(3)6-9(4)5/h7-8H,6H2,1-5H3/t8-/m1/s1. The fourth-order valence-corrected chi connectivity index (χ4v) is 1.02. The molecule has 0 aliphatic carbocycles. The van der Waals surface area contributed by atoms with E-state index in [9.17, 15) is 0 Å². The molecule has 0 aliphatic rings. The van der Waals surface area contributed by atoms with Crippen LogP contribution in [0.2, 0.25) is 0 Å². The minimum atomic E-state index is 0.343. The molecule has 0 aliphatic heterocycles. The minimum absolute atomic E-state index is 0.343. The number of rotatable bonds is 4. The quantitative estimate of drug-likeness (QED) is 0.592. The Kier molecular flexibility index (Phi) is 4.65. The van der Waals surface area contributed by atoms with Gasteiger partial charge in [-0.25, -0.2) is 0 Å². The molecule has 0 unspecified atom stereocenters. The highest BCUT2D eigenvalue weighted by atomic mass is 16.5. The Hall–Kier alpha value is -0.0800. The second kappa shape index (κ2) is 4.69. The Labute approximate surface area is 64.2 Å². The summed E-state index contributed by atoms with van der Waals surface area (Å²) in [5.41, 5.74) is 0. The van der Waals surface area contributed by atoms with Crippen LogP contribution in [0.3, 0.4) is 0 Å². The lowest BCUT2D eigenvalue weighted by molar-refractivity contribution is 0.00608. The van der Waals surface area contributed by atoms with Gasteiger partial charge < -0.3 is 9.64 Å². The molecular weight excluding hydrogens is 126 g/mol. The fraction of sp³-hybridized carbons (Fsp3) is 1.00. The first-order valence-corrected chi connectivity index (χ1v) is 3.82. The fourth-order valence-electron chi connectivity index (χ4n) is 1.02. The molecule has 0 saturated carbocycles. The summed E-state index contributed by atoms with van der Waals surface area (Å²) in [5, 5.41) is 0. The summed E-state index contributed by atoms with van der Waals surface area (Å²) in [6, 6.07) is 0. The van der Waals surface area contributed by atoms with Crippen LogP contribution in [0.25, 0.3) is 0 Å². The highest BCUT2D eigenvalue weighted by Crippen LogP contribution is 1.97. The van der Waals surface area contributed by atoms with Crippen molar-refractivity contribution in [2.45, 2.75) is 33.0 Å². The summed E-state index contributed by atoms with van der Waals surface area (Å²) in [5.74, 6) is 0. The van der Waals surface area contributed by atoms with Crippen molar-refractivity contribution in [1.29, 1.82) is 0 Å². The molecule has 0 radical (unpaired) electrons. The molecule has 0 heterocycles. The molecule has 62 valence electrons. The Bertz CT molecular complexity index is 71.3. The van der Waals surface area contributed by atoms with Gasteiger partial charge in [-0.05, 0) is 34.9 Å². The molecule has 0 bridgehead atoms. The zero-order chi connectivity index (χ0) is 8.15. The maximum atomic E-state index is 5.52. The summed E-state index contributed by atoms with van der Waals surface area (Å²) >= 11 is 0. The van der Waals surface area contributed by atoms with Crippen LogP contribution in [-0.2, 0) is 4.74 Å². The number of hydrogen-bond donors (Lipinski definition) is 0. The average molecular weight is 145 g/mol. The van der Waals surface area contributed by atoms with Crippen molar-refractivity contribution in [3.05, 3.63) is 0 Å². The van der Waals surface area contributed by atoms with E-state index in [1.165, 1.54) is 0 Å². The van der Waals surface area contributed by atoms with Crippen LogP contribution in [-0.4, -0.2) is 37.7 Å². The predicted molar refractivity (Wildman–Crippen MR) is 44.2 cm³/mol. The van der Waals surface area contributed by atoms with Gasteiger partial charge >= 0.3 is 0 Å².